The fraction of sp³-hybridized carbons (Fsp3) is 0.278. The Morgan fingerprint density at radius 1 is 1.32 bits per heavy atom. The van der Waals surface area contributed by atoms with Gasteiger partial charge in [0.2, 0.25) is 11.0 Å². The number of amides is 1. The number of furan rings is 1. The van der Waals surface area contributed by atoms with Crippen LogP contribution in [0.15, 0.2) is 55.9 Å². The average Bonchev–Trinajstić information content (AvgIpc) is 3.37. The van der Waals surface area contributed by atoms with Crippen LogP contribution in [0, 0.1) is 0 Å². The molecular weight excluding hydrogens is 464 g/mol. The number of aromatic nitrogens is 2. The van der Waals surface area contributed by atoms with Crippen LogP contribution in [0.3, 0.4) is 0 Å². The van der Waals surface area contributed by atoms with Crippen LogP contribution >= 0.6 is 39.0 Å². The van der Waals surface area contributed by atoms with E-state index in [-0.39, 0.29) is 5.91 Å². The average molecular weight is 483 g/mol. The van der Waals surface area contributed by atoms with Gasteiger partial charge < -0.3 is 19.4 Å². The molecule has 0 aliphatic heterocycles. The number of rotatable bonds is 10. The molecule has 1 amide bonds. The Bertz CT molecular complexity index is 871. The molecule has 7 nitrogen and oxygen atoms in total. The number of hydrogen-bond acceptors (Lipinski definition) is 8. The van der Waals surface area contributed by atoms with Gasteiger partial charge in [-0.05, 0) is 36.4 Å². The highest BCUT2D eigenvalue weighted by molar-refractivity contribution is 9.10. The first-order chi connectivity index (χ1) is 13.6. The van der Waals surface area contributed by atoms with Crippen LogP contribution in [0.2, 0.25) is 0 Å². The lowest BCUT2D eigenvalue weighted by Crippen LogP contribution is -2.32. The Labute approximate surface area is 179 Å². The van der Waals surface area contributed by atoms with E-state index >= 15 is 0 Å². The topological polar surface area (TPSA) is 80.5 Å². The van der Waals surface area contributed by atoms with Crippen LogP contribution < -0.4 is 10.1 Å². The van der Waals surface area contributed by atoms with E-state index in [0.29, 0.717) is 30.6 Å². The highest BCUT2D eigenvalue weighted by Crippen LogP contribution is 2.26. The Morgan fingerprint density at radius 2 is 2.14 bits per heavy atom. The third kappa shape index (κ3) is 6.54. The van der Waals surface area contributed by atoms with Gasteiger partial charge >= 0.3 is 0 Å². The van der Waals surface area contributed by atoms with Crippen molar-refractivity contribution in [2.24, 2.45) is 0 Å². The summed E-state index contributed by atoms with van der Waals surface area (Å²) in [5.41, 5.74) is 0. The Morgan fingerprint density at radius 3 is 2.89 bits per heavy atom. The first kappa shape index (κ1) is 20.7. The van der Waals surface area contributed by atoms with Crippen LogP contribution in [-0.4, -0.2) is 47.0 Å². The number of ether oxygens (including phenoxy) is 1. The molecule has 0 saturated carbocycles. The highest BCUT2D eigenvalue weighted by Gasteiger charge is 2.12. The van der Waals surface area contributed by atoms with Gasteiger partial charge in [-0.2, -0.15) is 0 Å². The summed E-state index contributed by atoms with van der Waals surface area (Å²) in [7, 11) is 1.77. The molecule has 0 unspecified atom stereocenters. The van der Waals surface area contributed by atoms with Crippen LogP contribution in [-0.2, 0) is 11.3 Å². The molecule has 0 saturated heterocycles. The van der Waals surface area contributed by atoms with Crippen LogP contribution in [0.4, 0.5) is 5.13 Å². The minimum atomic E-state index is 0.0182. The summed E-state index contributed by atoms with van der Waals surface area (Å²) in [4.78, 5) is 13.9. The van der Waals surface area contributed by atoms with Crippen LogP contribution in [0.5, 0.6) is 5.75 Å². The normalized spacial score (nSPS) is 10.6. The van der Waals surface area contributed by atoms with E-state index in [1.54, 1.807) is 18.2 Å². The number of thioether (sulfide) groups is 1. The van der Waals surface area contributed by atoms with Crippen molar-refractivity contribution in [2.75, 3.05) is 31.3 Å². The second-order valence-electron chi connectivity index (χ2n) is 5.71. The fourth-order valence-electron chi connectivity index (χ4n) is 2.11. The van der Waals surface area contributed by atoms with Gasteiger partial charge in [-0.1, -0.05) is 39.0 Å². The zero-order chi connectivity index (χ0) is 19.8. The second kappa shape index (κ2) is 10.5. The molecule has 148 valence electrons. The zero-order valence-electron chi connectivity index (χ0n) is 15.1. The van der Waals surface area contributed by atoms with E-state index in [1.165, 1.54) is 23.1 Å². The van der Waals surface area contributed by atoms with E-state index in [1.807, 2.05) is 36.4 Å². The number of halogens is 1. The maximum absolute atomic E-state index is 12.3. The number of carbonyl (C=O) groups excluding carboxylic acids is 1. The maximum Gasteiger partial charge on any atom is 0.232 e. The molecule has 0 fully saturated rings. The SMILES string of the molecule is CN(CCOc1ccc(Br)cc1)C(=O)CSc1nnc(NCc2ccco2)s1. The summed E-state index contributed by atoms with van der Waals surface area (Å²) in [5.74, 6) is 1.93. The number of likely N-dealkylation sites (N-methyl/N-ethyl adjacent to an activating group) is 1. The van der Waals surface area contributed by atoms with E-state index in [2.05, 4.69) is 31.4 Å². The van der Waals surface area contributed by atoms with Crippen molar-refractivity contribution in [1.29, 1.82) is 0 Å². The lowest BCUT2D eigenvalue weighted by molar-refractivity contribution is -0.127. The number of anilines is 1. The summed E-state index contributed by atoms with van der Waals surface area (Å²) in [6.07, 6.45) is 1.63. The maximum atomic E-state index is 12.3. The molecule has 1 N–H and O–H groups in total. The lowest BCUT2D eigenvalue weighted by atomic mass is 10.3. The van der Waals surface area contributed by atoms with Gasteiger partial charge in [0.05, 0.1) is 25.1 Å². The van der Waals surface area contributed by atoms with E-state index in [4.69, 9.17) is 9.15 Å². The molecule has 2 aromatic heterocycles. The zero-order valence-corrected chi connectivity index (χ0v) is 18.3. The second-order valence-corrected chi connectivity index (χ2v) is 8.83. The number of benzene rings is 1. The van der Waals surface area contributed by atoms with Gasteiger partial charge in [0.1, 0.15) is 18.1 Å². The van der Waals surface area contributed by atoms with E-state index in [9.17, 15) is 4.79 Å². The summed E-state index contributed by atoms with van der Waals surface area (Å²) in [5, 5.41) is 12.0. The molecule has 0 aliphatic rings. The quantitative estimate of drug-likeness (QED) is 0.435. The van der Waals surface area contributed by atoms with Gasteiger partial charge in [-0.25, -0.2) is 0 Å². The molecule has 3 aromatic rings. The molecule has 28 heavy (non-hydrogen) atoms. The first-order valence-corrected chi connectivity index (χ1v) is 11.0. The molecular formula is C18H19BrN4O3S2. The van der Waals surface area contributed by atoms with Crippen molar-refractivity contribution in [3.63, 3.8) is 0 Å². The first-order valence-electron chi connectivity index (χ1n) is 8.45. The van der Waals surface area contributed by atoms with Gasteiger partial charge in [-0.3, -0.25) is 4.79 Å². The summed E-state index contributed by atoms with van der Waals surface area (Å²) < 4.78 is 12.7. The highest BCUT2D eigenvalue weighted by atomic mass is 79.9. The molecule has 0 spiro atoms. The number of nitrogens with zero attached hydrogens (tertiary/aromatic N) is 3. The summed E-state index contributed by atoms with van der Waals surface area (Å²) >= 11 is 6.17. The van der Waals surface area contributed by atoms with Gasteiger partial charge in [-0.15, -0.1) is 10.2 Å². The van der Waals surface area contributed by atoms with E-state index < -0.39 is 0 Å². The van der Waals surface area contributed by atoms with Crippen molar-refractivity contribution in [2.45, 2.75) is 10.9 Å². The third-order valence-corrected chi connectivity index (χ3v) is 6.18. The molecule has 2 heterocycles. The molecule has 0 radical (unpaired) electrons. The molecule has 10 heteroatoms. The van der Waals surface area contributed by atoms with E-state index in [0.717, 1.165) is 20.3 Å². The predicted octanol–water partition coefficient (Wildman–Crippen LogP) is 4.14. The van der Waals surface area contributed by atoms with Crippen molar-refractivity contribution >= 4 is 50.1 Å². The fourth-order valence-corrected chi connectivity index (χ4v) is 4.06. The minimum Gasteiger partial charge on any atom is -0.492 e. The minimum absolute atomic E-state index is 0.0182. The third-order valence-electron chi connectivity index (χ3n) is 3.65. The lowest BCUT2D eigenvalue weighted by Gasteiger charge is -2.17. The van der Waals surface area contributed by atoms with Gasteiger partial charge in [0.15, 0.2) is 4.34 Å². The molecule has 0 aliphatic carbocycles. The Balaban J connectivity index is 1.35. The van der Waals surface area contributed by atoms with Gasteiger partial charge in [0.25, 0.3) is 0 Å². The molecule has 1 aromatic carbocycles. The van der Waals surface area contributed by atoms with Crippen molar-refractivity contribution in [3.8, 4) is 5.75 Å². The summed E-state index contributed by atoms with van der Waals surface area (Å²) in [6, 6.07) is 11.3. The largest absolute Gasteiger partial charge is 0.492 e. The van der Waals surface area contributed by atoms with Crippen molar-refractivity contribution < 1.29 is 13.9 Å². The number of nitrogens with one attached hydrogen (secondary N) is 1. The van der Waals surface area contributed by atoms with Crippen molar-refractivity contribution in [1.82, 2.24) is 15.1 Å². The number of hydrogen-bond donors (Lipinski definition) is 1. The number of carbonyl (C=O) groups is 1. The molecule has 0 atom stereocenters. The predicted molar refractivity (Wildman–Crippen MR) is 114 cm³/mol. The van der Waals surface area contributed by atoms with Crippen LogP contribution in [0.25, 0.3) is 0 Å². The Kier molecular flexibility index (Phi) is 7.75. The standard InChI is InChI=1S/C18H19BrN4O3S2/c1-23(8-10-26-14-6-4-13(19)5-7-14)16(24)12-27-18-22-21-17(28-18)20-11-15-3-2-9-25-15/h2-7,9H,8,10-12H2,1H3,(H,20,21). The van der Waals surface area contributed by atoms with Crippen molar-refractivity contribution in [3.05, 3.63) is 52.9 Å². The van der Waals surface area contributed by atoms with Gasteiger partial charge in [0, 0.05) is 11.5 Å². The molecule has 0 bridgehead atoms. The Hall–Kier alpha value is -2.04. The van der Waals surface area contributed by atoms with Crippen LogP contribution in [0.1, 0.15) is 5.76 Å². The monoisotopic (exact) mass is 482 g/mol. The smallest absolute Gasteiger partial charge is 0.232 e. The summed E-state index contributed by atoms with van der Waals surface area (Å²) in [6.45, 7) is 1.50. The molecule has 3 rings (SSSR count).